The molecule has 0 radical (unpaired) electrons. The highest BCUT2D eigenvalue weighted by molar-refractivity contribution is 6.03. The molecule has 1 aromatic heterocycles. The lowest BCUT2D eigenvalue weighted by atomic mass is 9.93. The number of phenols is 2. The number of aromatic hydroxyl groups is 2. The molecular formula is C21H19N3O2. The minimum absolute atomic E-state index is 0.143. The summed E-state index contributed by atoms with van der Waals surface area (Å²) >= 11 is 0. The van der Waals surface area contributed by atoms with Crippen LogP contribution < -0.4 is 5.32 Å². The van der Waals surface area contributed by atoms with E-state index in [0.29, 0.717) is 12.0 Å². The normalized spacial score (nSPS) is 19.8. The van der Waals surface area contributed by atoms with Crippen LogP contribution in [0.4, 0.5) is 0 Å². The van der Waals surface area contributed by atoms with E-state index >= 15 is 0 Å². The van der Waals surface area contributed by atoms with Gasteiger partial charge in [-0.3, -0.25) is 15.3 Å². The summed E-state index contributed by atoms with van der Waals surface area (Å²) in [5.74, 6) is 0.437. The molecule has 3 aromatic rings. The van der Waals surface area contributed by atoms with Crippen molar-refractivity contribution in [2.75, 3.05) is 0 Å². The molecule has 0 unspecified atom stereocenters. The highest BCUT2D eigenvalue weighted by atomic mass is 16.3. The lowest BCUT2D eigenvalue weighted by molar-refractivity contribution is 0.408. The van der Waals surface area contributed by atoms with Gasteiger partial charge >= 0.3 is 0 Å². The fraction of sp³-hybridized carbons (Fsp3) is 0.143. The van der Waals surface area contributed by atoms with Crippen LogP contribution >= 0.6 is 0 Å². The first-order chi connectivity index (χ1) is 12.7. The summed E-state index contributed by atoms with van der Waals surface area (Å²) < 4.78 is 0. The number of hydrogen-bond acceptors (Lipinski definition) is 5. The van der Waals surface area contributed by atoms with Gasteiger partial charge in [0.1, 0.15) is 17.7 Å². The molecule has 0 spiro atoms. The van der Waals surface area contributed by atoms with Crippen molar-refractivity contribution >= 4 is 5.71 Å². The van der Waals surface area contributed by atoms with Gasteiger partial charge in [-0.1, -0.05) is 36.4 Å². The molecule has 0 bridgehead atoms. The number of aromatic nitrogens is 1. The minimum Gasteiger partial charge on any atom is -0.508 e. The molecule has 2 heterocycles. The molecule has 3 N–H and O–H groups in total. The molecule has 1 aliphatic rings. The summed E-state index contributed by atoms with van der Waals surface area (Å²) in [6.07, 6.45) is 1.93. The largest absolute Gasteiger partial charge is 0.508 e. The molecule has 0 saturated carbocycles. The van der Waals surface area contributed by atoms with Crippen LogP contribution in [0.3, 0.4) is 0 Å². The van der Waals surface area contributed by atoms with Crippen LogP contribution in [-0.4, -0.2) is 20.9 Å². The van der Waals surface area contributed by atoms with E-state index in [-0.39, 0.29) is 23.7 Å². The van der Waals surface area contributed by atoms with Gasteiger partial charge in [-0.05, 0) is 30.3 Å². The number of pyridine rings is 1. The van der Waals surface area contributed by atoms with E-state index in [1.165, 1.54) is 0 Å². The smallest absolute Gasteiger partial charge is 0.143 e. The van der Waals surface area contributed by atoms with E-state index in [0.717, 1.165) is 17.0 Å². The van der Waals surface area contributed by atoms with Crippen molar-refractivity contribution in [2.45, 2.75) is 18.6 Å². The molecule has 2 aromatic carbocycles. The van der Waals surface area contributed by atoms with E-state index in [2.05, 4.69) is 10.3 Å². The summed E-state index contributed by atoms with van der Waals surface area (Å²) in [6, 6.07) is 20.0. The predicted octanol–water partition coefficient (Wildman–Crippen LogP) is 3.72. The van der Waals surface area contributed by atoms with Gasteiger partial charge in [0.25, 0.3) is 0 Å². The van der Waals surface area contributed by atoms with Crippen molar-refractivity contribution < 1.29 is 10.2 Å². The van der Waals surface area contributed by atoms with Crippen LogP contribution in [0.2, 0.25) is 0 Å². The van der Waals surface area contributed by atoms with Gasteiger partial charge in [0.05, 0.1) is 11.4 Å². The zero-order valence-electron chi connectivity index (χ0n) is 14.1. The second-order valence-corrected chi connectivity index (χ2v) is 6.23. The fourth-order valence-electron chi connectivity index (χ4n) is 3.26. The molecule has 0 fully saturated rings. The Bertz CT molecular complexity index is 941. The molecule has 4 rings (SSSR count). The van der Waals surface area contributed by atoms with Crippen LogP contribution in [0.15, 0.2) is 77.9 Å². The third-order valence-corrected chi connectivity index (χ3v) is 4.54. The third kappa shape index (κ3) is 3.17. The van der Waals surface area contributed by atoms with Crippen LogP contribution in [0.25, 0.3) is 0 Å². The lowest BCUT2D eigenvalue weighted by Crippen LogP contribution is -2.33. The van der Waals surface area contributed by atoms with Gasteiger partial charge in [-0.25, -0.2) is 0 Å². The molecule has 0 saturated heterocycles. The summed E-state index contributed by atoms with van der Waals surface area (Å²) in [4.78, 5) is 9.20. The van der Waals surface area contributed by atoms with Gasteiger partial charge in [0.2, 0.25) is 0 Å². The number of phenolic OH excluding ortho intramolecular Hbond substituents is 2. The lowest BCUT2D eigenvalue weighted by Gasteiger charge is -2.30. The molecule has 130 valence electrons. The molecule has 0 aliphatic carbocycles. The Kier molecular flexibility index (Phi) is 4.37. The molecule has 1 aliphatic heterocycles. The van der Waals surface area contributed by atoms with E-state index in [1.807, 2.05) is 42.5 Å². The van der Waals surface area contributed by atoms with Crippen LogP contribution in [0.1, 0.15) is 35.4 Å². The Morgan fingerprint density at radius 3 is 2.31 bits per heavy atom. The summed E-state index contributed by atoms with van der Waals surface area (Å²) in [7, 11) is 0. The van der Waals surface area contributed by atoms with Crippen molar-refractivity contribution in [3.63, 3.8) is 0 Å². The van der Waals surface area contributed by atoms with Crippen molar-refractivity contribution in [3.8, 4) is 11.5 Å². The molecule has 0 amide bonds. The van der Waals surface area contributed by atoms with Crippen LogP contribution in [0, 0.1) is 0 Å². The summed E-state index contributed by atoms with van der Waals surface area (Å²) in [5, 5.41) is 24.0. The predicted molar refractivity (Wildman–Crippen MR) is 100 cm³/mol. The van der Waals surface area contributed by atoms with Gasteiger partial charge in [0.15, 0.2) is 0 Å². The summed E-state index contributed by atoms with van der Waals surface area (Å²) in [6.45, 7) is 0. The second-order valence-electron chi connectivity index (χ2n) is 6.23. The second kappa shape index (κ2) is 6.98. The maximum Gasteiger partial charge on any atom is 0.143 e. The Balaban J connectivity index is 1.78. The van der Waals surface area contributed by atoms with Crippen LogP contribution in [-0.2, 0) is 0 Å². The van der Waals surface area contributed by atoms with E-state index in [9.17, 15) is 10.2 Å². The third-order valence-electron chi connectivity index (χ3n) is 4.54. The first-order valence-electron chi connectivity index (χ1n) is 8.52. The van der Waals surface area contributed by atoms with Gasteiger partial charge in [0, 0.05) is 29.8 Å². The highest BCUT2D eigenvalue weighted by Gasteiger charge is 2.28. The number of aliphatic imine (C=N–C) groups is 1. The highest BCUT2D eigenvalue weighted by Crippen LogP contribution is 2.35. The van der Waals surface area contributed by atoms with E-state index in [1.54, 1.807) is 30.5 Å². The molecule has 5 nitrogen and oxygen atoms in total. The van der Waals surface area contributed by atoms with Crippen molar-refractivity contribution in [2.24, 2.45) is 4.99 Å². The monoisotopic (exact) mass is 345 g/mol. The van der Waals surface area contributed by atoms with Gasteiger partial charge in [-0.15, -0.1) is 0 Å². The number of rotatable bonds is 3. The average Bonchev–Trinajstić information content (AvgIpc) is 2.69. The van der Waals surface area contributed by atoms with Gasteiger partial charge < -0.3 is 10.2 Å². The summed E-state index contributed by atoms with van der Waals surface area (Å²) in [5.41, 5.74) is 3.08. The first kappa shape index (κ1) is 16.3. The fourth-order valence-corrected chi connectivity index (χ4v) is 3.26. The average molecular weight is 345 g/mol. The standard InChI is InChI=1S/C21H19N3O2/c25-19-10-3-1-7-14(19)17-13-18(15-8-2-4-11-20(15)26)24-21(23-17)16-9-5-6-12-22-16/h1-12,17,21,23,25-26H,13H2/t17-,21-/m1/s1. The Hall–Kier alpha value is -3.18. The maximum atomic E-state index is 10.3. The van der Waals surface area contributed by atoms with E-state index < -0.39 is 0 Å². The molecule has 5 heteroatoms. The Morgan fingerprint density at radius 2 is 1.58 bits per heavy atom. The van der Waals surface area contributed by atoms with E-state index in [4.69, 9.17) is 4.99 Å². The molecule has 26 heavy (non-hydrogen) atoms. The number of nitrogens with zero attached hydrogens (tertiary/aromatic N) is 2. The molecular weight excluding hydrogens is 326 g/mol. The zero-order valence-corrected chi connectivity index (χ0v) is 14.1. The minimum atomic E-state index is -0.357. The topological polar surface area (TPSA) is 77.7 Å². The first-order valence-corrected chi connectivity index (χ1v) is 8.52. The number of nitrogens with one attached hydrogen (secondary N) is 1. The number of benzene rings is 2. The Morgan fingerprint density at radius 1 is 0.846 bits per heavy atom. The van der Waals surface area contributed by atoms with Crippen molar-refractivity contribution in [3.05, 3.63) is 89.7 Å². The number of para-hydroxylation sites is 2. The van der Waals surface area contributed by atoms with Crippen LogP contribution in [0.5, 0.6) is 11.5 Å². The molecule has 2 atom stereocenters. The SMILES string of the molecule is Oc1ccccc1C1=N[C@H](c2ccccn2)N[C@@H](c2ccccc2O)C1. The van der Waals surface area contributed by atoms with Crippen molar-refractivity contribution in [1.82, 2.24) is 10.3 Å². The van der Waals surface area contributed by atoms with Crippen molar-refractivity contribution in [1.29, 1.82) is 0 Å². The Labute approximate surface area is 151 Å². The maximum absolute atomic E-state index is 10.3. The number of hydrogen-bond donors (Lipinski definition) is 3. The zero-order chi connectivity index (χ0) is 17.9. The van der Waals surface area contributed by atoms with Gasteiger partial charge in [-0.2, -0.15) is 0 Å². The quantitative estimate of drug-likeness (QED) is 0.676.